The Morgan fingerprint density at radius 1 is 1.50 bits per heavy atom. The van der Waals surface area contributed by atoms with E-state index in [4.69, 9.17) is 16.7 Å². The second-order valence-electron chi connectivity index (χ2n) is 4.22. The van der Waals surface area contributed by atoms with Gasteiger partial charge >= 0.3 is 0 Å². The van der Waals surface area contributed by atoms with Gasteiger partial charge in [0.1, 0.15) is 5.82 Å². The lowest BCUT2D eigenvalue weighted by atomic mass is 10.1. The third kappa shape index (κ3) is 4.76. The lowest BCUT2D eigenvalue weighted by Crippen LogP contribution is -2.34. The highest BCUT2D eigenvalue weighted by Crippen LogP contribution is 2.24. The second kappa shape index (κ2) is 8.00. The van der Waals surface area contributed by atoms with Crippen molar-refractivity contribution in [2.45, 2.75) is 25.4 Å². The predicted octanol–water partition coefficient (Wildman–Crippen LogP) is 3.24. The van der Waals surface area contributed by atoms with E-state index in [1.807, 2.05) is 13.2 Å². The van der Waals surface area contributed by atoms with Gasteiger partial charge in [0.2, 0.25) is 0 Å². The number of hydrogen-bond acceptors (Lipinski definition) is 3. The van der Waals surface area contributed by atoms with Crippen molar-refractivity contribution in [2.24, 2.45) is 0 Å². The summed E-state index contributed by atoms with van der Waals surface area (Å²) in [6.45, 7) is 2.14. The zero-order valence-corrected chi connectivity index (χ0v) is 12.2. The molecule has 0 heterocycles. The Labute approximate surface area is 117 Å². The maximum Gasteiger partial charge on any atom is 0.124 e. The standard InChI is InChI=1S/C13H19ClFNOS/c1-9(16-11(5-6-17)8-18-2)12-4-3-10(15)7-13(12)14/h3-4,7,9,11,16-17H,5-6,8H2,1-2H3. The van der Waals surface area contributed by atoms with Crippen LogP contribution in [0.3, 0.4) is 0 Å². The van der Waals surface area contributed by atoms with Gasteiger partial charge in [-0.05, 0) is 37.3 Å². The minimum atomic E-state index is -0.327. The predicted molar refractivity (Wildman–Crippen MR) is 76.8 cm³/mol. The van der Waals surface area contributed by atoms with E-state index in [1.165, 1.54) is 12.1 Å². The van der Waals surface area contributed by atoms with Crippen molar-refractivity contribution in [1.82, 2.24) is 5.32 Å². The van der Waals surface area contributed by atoms with Crippen molar-refractivity contribution < 1.29 is 9.50 Å². The van der Waals surface area contributed by atoms with E-state index < -0.39 is 0 Å². The van der Waals surface area contributed by atoms with Crippen LogP contribution in [0.2, 0.25) is 5.02 Å². The Morgan fingerprint density at radius 3 is 2.78 bits per heavy atom. The Morgan fingerprint density at radius 2 is 2.22 bits per heavy atom. The summed E-state index contributed by atoms with van der Waals surface area (Å²) in [5, 5.41) is 12.9. The van der Waals surface area contributed by atoms with Gasteiger partial charge in [0, 0.05) is 29.5 Å². The van der Waals surface area contributed by atoms with Crippen LogP contribution in [0.25, 0.3) is 0 Å². The number of aliphatic hydroxyl groups excluding tert-OH is 1. The molecule has 5 heteroatoms. The fourth-order valence-electron chi connectivity index (χ4n) is 1.87. The molecular weight excluding hydrogens is 273 g/mol. The highest BCUT2D eigenvalue weighted by Gasteiger charge is 2.15. The van der Waals surface area contributed by atoms with Crippen LogP contribution in [-0.4, -0.2) is 29.8 Å². The van der Waals surface area contributed by atoms with Crippen molar-refractivity contribution in [3.05, 3.63) is 34.6 Å². The Bertz CT molecular complexity index is 372. The maximum atomic E-state index is 13.0. The molecule has 18 heavy (non-hydrogen) atoms. The lowest BCUT2D eigenvalue weighted by molar-refractivity contribution is 0.265. The van der Waals surface area contributed by atoms with Gasteiger partial charge in [-0.2, -0.15) is 11.8 Å². The summed E-state index contributed by atoms with van der Waals surface area (Å²) in [5.74, 6) is 0.593. The summed E-state index contributed by atoms with van der Waals surface area (Å²) < 4.78 is 13.0. The first-order valence-corrected chi connectivity index (χ1v) is 7.66. The first-order chi connectivity index (χ1) is 8.58. The number of hydrogen-bond donors (Lipinski definition) is 2. The van der Waals surface area contributed by atoms with Crippen LogP contribution in [0.5, 0.6) is 0 Å². The van der Waals surface area contributed by atoms with E-state index in [2.05, 4.69) is 5.32 Å². The van der Waals surface area contributed by atoms with Gasteiger partial charge in [-0.15, -0.1) is 0 Å². The molecular formula is C13H19ClFNOS. The average Bonchev–Trinajstić information content (AvgIpc) is 2.29. The van der Waals surface area contributed by atoms with Gasteiger partial charge in [-0.25, -0.2) is 4.39 Å². The quantitative estimate of drug-likeness (QED) is 0.809. The first kappa shape index (κ1) is 15.8. The molecule has 2 N–H and O–H groups in total. The van der Waals surface area contributed by atoms with Crippen LogP contribution in [0.15, 0.2) is 18.2 Å². The molecule has 0 amide bonds. The molecule has 0 aliphatic heterocycles. The molecule has 1 rings (SSSR count). The Hall–Kier alpha value is -0.290. The van der Waals surface area contributed by atoms with Gasteiger partial charge in [-0.3, -0.25) is 0 Å². The molecule has 0 radical (unpaired) electrons. The van der Waals surface area contributed by atoms with Crippen molar-refractivity contribution in [1.29, 1.82) is 0 Å². The molecule has 0 aliphatic carbocycles. The Kier molecular flexibility index (Phi) is 7.00. The van der Waals surface area contributed by atoms with E-state index in [-0.39, 0.29) is 24.5 Å². The Balaban J connectivity index is 2.70. The fourth-order valence-corrected chi connectivity index (χ4v) is 2.86. The van der Waals surface area contributed by atoms with Crippen molar-refractivity contribution in [2.75, 3.05) is 18.6 Å². The van der Waals surface area contributed by atoms with E-state index >= 15 is 0 Å². The van der Waals surface area contributed by atoms with E-state index in [1.54, 1.807) is 17.8 Å². The third-order valence-electron chi connectivity index (χ3n) is 2.76. The van der Waals surface area contributed by atoms with Gasteiger partial charge in [0.15, 0.2) is 0 Å². The monoisotopic (exact) mass is 291 g/mol. The summed E-state index contributed by atoms with van der Waals surface area (Å²) in [4.78, 5) is 0. The molecule has 0 aromatic heterocycles. The topological polar surface area (TPSA) is 32.3 Å². The maximum absolute atomic E-state index is 13.0. The van der Waals surface area contributed by atoms with E-state index in [9.17, 15) is 4.39 Å². The van der Waals surface area contributed by atoms with Crippen LogP contribution < -0.4 is 5.32 Å². The molecule has 0 spiro atoms. The highest BCUT2D eigenvalue weighted by atomic mass is 35.5. The SMILES string of the molecule is CSCC(CCO)NC(C)c1ccc(F)cc1Cl. The molecule has 1 aromatic carbocycles. The molecule has 0 saturated carbocycles. The largest absolute Gasteiger partial charge is 0.396 e. The van der Waals surface area contributed by atoms with Crippen LogP contribution in [0.1, 0.15) is 24.9 Å². The summed E-state index contributed by atoms with van der Waals surface area (Å²) in [6.07, 6.45) is 2.73. The minimum Gasteiger partial charge on any atom is -0.396 e. The zero-order chi connectivity index (χ0) is 13.5. The van der Waals surface area contributed by atoms with Crippen LogP contribution >= 0.6 is 23.4 Å². The number of aliphatic hydroxyl groups is 1. The number of rotatable bonds is 7. The van der Waals surface area contributed by atoms with Crippen LogP contribution in [-0.2, 0) is 0 Å². The highest BCUT2D eigenvalue weighted by molar-refractivity contribution is 7.98. The zero-order valence-electron chi connectivity index (χ0n) is 10.6. The van der Waals surface area contributed by atoms with Gasteiger partial charge < -0.3 is 10.4 Å². The van der Waals surface area contributed by atoms with Gasteiger partial charge in [0.05, 0.1) is 0 Å². The third-order valence-corrected chi connectivity index (χ3v) is 3.82. The molecule has 0 aliphatic rings. The first-order valence-electron chi connectivity index (χ1n) is 5.89. The molecule has 0 saturated heterocycles. The number of halogens is 2. The molecule has 102 valence electrons. The summed E-state index contributed by atoms with van der Waals surface area (Å²) in [6, 6.07) is 4.69. The smallest absolute Gasteiger partial charge is 0.124 e. The minimum absolute atomic E-state index is 0.0294. The van der Waals surface area contributed by atoms with Crippen LogP contribution in [0.4, 0.5) is 4.39 Å². The summed E-state index contributed by atoms with van der Waals surface area (Å²) >= 11 is 7.75. The van der Waals surface area contributed by atoms with E-state index in [0.717, 1.165) is 11.3 Å². The van der Waals surface area contributed by atoms with Gasteiger partial charge in [-0.1, -0.05) is 17.7 Å². The second-order valence-corrected chi connectivity index (χ2v) is 5.54. The molecule has 2 atom stereocenters. The van der Waals surface area contributed by atoms with Crippen molar-refractivity contribution in [3.63, 3.8) is 0 Å². The summed E-state index contributed by atoms with van der Waals surface area (Å²) in [7, 11) is 0. The summed E-state index contributed by atoms with van der Waals surface area (Å²) in [5.41, 5.74) is 0.877. The molecule has 0 bridgehead atoms. The fraction of sp³-hybridized carbons (Fsp3) is 0.538. The van der Waals surface area contributed by atoms with Crippen molar-refractivity contribution >= 4 is 23.4 Å². The normalized spacial score (nSPS) is 14.5. The number of nitrogens with one attached hydrogen (secondary N) is 1. The number of benzene rings is 1. The van der Waals surface area contributed by atoms with Crippen LogP contribution in [0, 0.1) is 5.82 Å². The molecule has 2 nitrogen and oxygen atoms in total. The van der Waals surface area contributed by atoms with Gasteiger partial charge in [0.25, 0.3) is 0 Å². The van der Waals surface area contributed by atoms with E-state index in [0.29, 0.717) is 11.4 Å². The van der Waals surface area contributed by atoms with Crippen molar-refractivity contribution in [3.8, 4) is 0 Å². The number of thioether (sulfide) groups is 1. The lowest BCUT2D eigenvalue weighted by Gasteiger charge is -2.23. The molecule has 1 aromatic rings. The average molecular weight is 292 g/mol. The molecule has 2 unspecified atom stereocenters. The molecule has 0 fully saturated rings.